The van der Waals surface area contributed by atoms with E-state index < -0.39 is 10.8 Å². The van der Waals surface area contributed by atoms with Crippen molar-refractivity contribution in [2.24, 2.45) is 5.92 Å². The first-order valence-electron chi connectivity index (χ1n) is 22.5. The van der Waals surface area contributed by atoms with Crippen LogP contribution >= 0.6 is 0 Å². The van der Waals surface area contributed by atoms with Gasteiger partial charge in [0.1, 0.15) is 23.0 Å². The van der Waals surface area contributed by atoms with Crippen LogP contribution < -0.4 is 10.6 Å². The minimum Gasteiger partial charge on any atom is -0.379 e. The molecule has 3 fully saturated rings. The van der Waals surface area contributed by atoms with E-state index in [2.05, 4.69) is 42.5 Å². The number of amides is 1. The van der Waals surface area contributed by atoms with Gasteiger partial charge in [-0.1, -0.05) is 62.4 Å². The third kappa shape index (κ3) is 14.3. The number of carbonyl (C=O) groups excluding carboxylic acids is 2. The molecule has 0 spiro atoms. The van der Waals surface area contributed by atoms with Gasteiger partial charge in [-0.3, -0.25) is 19.2 Å². The predicted octanol–water partition coefficient (Wildman–Crippen LogP) is 8.79. The van der Waals surface area contributed by atoms with Gasteiger partial charge in [-0.05, 0) is 56.3 Å². The van der Waals surface area contributed by atoms with Crippen molar-refractivity contribution in [2.45, 2.75) is 26.7 Å². The Hall–Kier alpha value is -6.99. The van der Waals surface area contributed by atoms with Crippen LogP contribution in [0, 0.1) is 28.4 Å². The molecule has 2 aromatic heterocycles. The van der Waals surface area contributed by atoms with E-state index in [-0.39, 0.29) is 34.5 Å². The van der Waals surface area contributed by atoms with Gasteiger partial charge in [0.25, 0.3) is 5.91 Å². The molecule has 4 aromatic carbocycles. The first kappa shape index (κ1) is 51.4. The normalized spacial score (nSPS) is 14.8. The average molecular weight is 959 g/mol. The summed E-state index contributed by atoms with van der Waals surface area (Å²) in [5.74, 6) is -0.0761. The quantitative estimate of drug-likeness (QED) is 0.0548. The first-order valence-corrected chi connectivity index (χ1v) is 24.1. The summed E-state index contributed by atoms with van der Waals surface area (Å²) >= 11 is 0. The average Bonchev–Trinajstić information content (AvgIpc) is 4.24. The number of likely N-dealkylation sites (N-methyl/N-ethyl adjacent to an activating group) is 1. The van der Waals surface area contributed by atoms with Crippen LogP contribution in [0.15, 0.2) is 110 Å². The van der Waals surface area contributed by atoms with Crippen LogP contribution in [-0.4, -0.2) is 123 Å². The van der Waals surface area contributed by atoms with Gasteiger partial charge < -0.3 is 35.3 Å². The maximum absolute atomic E-state index is 14.0. The van der Waals surface area contributed by atoms with Gasteiger partial charge in [-0.25, -0.2) is 28.7 Å². The first-order chi connectivity index (χ1) is 33.5. The zero-order chi connectivity index (χ0) is 49.3. The monoisotopic (exact) mass is 958 g/mol. The highest BCUT2D eigenvalue weighted by atomic mass is 32.2. The number of morpholine rings is 2. The zero-order valence-corrected chi connectivity index (χ0v) is 39.8. The lowest BCUT2D eigenvalue weighted by molar-refractivity contribution is 0.0303. The number of rotatable bonds is 11. The molecule has 360 valence electrons. The fraction of sp³-hybridized carbons (Fsp3) is 0.294. The molecule has 15 nitrogen and oxygen atoms in total. The summed E-state index contributed by atoms with van der Waals surface area (Å²) in [5.41, 5.74) is 5.49. The van der Waals surface area contributed by atoms with Crippen LogP contribution in [0.1, 0.15) is 58.5 Å². The number of carbonyl (C=O) groups is 2. The molecule has 3 aliphatic rings. The second kappa shape index (κ2) is 25.4. The SMILES string of the molecule is CC.CN1CCOCC1.CS(=O)C(=N)c1ccc(C(=O)N2CCOCC2)cc1Nc1ncc(-c2ccccc2F)cn1.N=C(c1ccc(C=O)cc1Nc1ncc(-c2ccccc2F)cn1)C1CC1. The van der Waals surface area contributed by atoms with Crippen LogP contribution in [-0.2, 0) is 20.3 Å². The van der Waals surface area contributed by atoms with Gasteiger partial charge in [0.2, 0.25) is 11.9 Å². The fourth-order valence-corrected chi connectivity index (χ4v) is 7.49. The number of aromatic nitrogens is 4. The van der Waals surface area contributed by atoms with Crippen LogP contribution in [0.5, 0.6) is 0 Å². The molecule has 4 heterocycles. The molecule has 1 unspecified atom stereocenters. The van der Waals surface area contributed by atoms with E-state index in [1.807, 2.05) is 13.8 Å². The van der Waals surface area contributed by atoms with E-state index in [4.69, 9.17) is 20.3 Å². The molecule has 2 aliphatic heterocycles. The van der Waals surface area contributed by atoms with Gasteiger partial charge in [0.15, 0.2) is 0 Å². The smallest absolute Gasteiger partial charge is 0.254 e. The Morgan fingerprint density at radius 3 is 1.64 bits per heavy atom. The molecule has 2 saturated heterocycles. The number of hydrogen-bond donors (Lipinski definition) is 4. The van der Waals surface area contributed by atoms with Crippen molar-refractivity contribution in [1.29, 1.82) is 10.8 Å². The van der Waals surface area contributed by atoms with Crippen molar-refractivity contribution < 1.29 is 32.1 Å². The Balaban J connectivity index is 0.000000195. The van der Waals surface area contributed by atoms with Crippen LogP contribution in [0.2, 0.25) is 0 Å². The van der Waals surface area contributed by atoms with Crippen molar-refractivity contribution in [3.63, 3.8) is 0 Å². The Morgan fingerprint density at radius 2 is 1.19 bits per heavy atom. The lowest BCUT2D eigenvalue weighted by Crippen LogP contribution is -2.40. The van der Waals surface area contributed by atoms with Gasteiger partial charge in [-0.15, -0.1) is 0 Å². The van der Waals surface area contributed by atoms with Gasteiger partial charge in [0.05, 0.1) is 48.6 Å². The largest absolute Gasteiger partial charge is 0.379 e. The number of hydrogen-bond acceptors (Lipinski definition) is 14. The van der Waals surface area contributed by atoms with Crippen LogP contribution in [0.4, 0.5) is 32.1 Å². The van der Waals surface area contributed by atoms with E-state index in [0.29, 0.717) is 88.3 Å². The number of benzene rings is 4. The van der Waals surface area contributed by atoms with E-state index in [9.17, 15) is 22.6 Å². The maximum Gasteiger partial charge on any atom is 0.254 e. The Morgan fingerprint density at radius 1 is 0.710 bits per heavy atom. The molecule has 69 heavy (non-hydrogen) atoms. The van der Waals surface area contributed by atoms with Crippen molar-refractivity contribution in [2.75, 3.05) is 76.5 Å². The highest BCUT2D eigenvalue weighted by molar-refractivity contribution is 8.00. The summed E-state index contributed by atoms with van der Waals surface area (Å²) < 4.78 is 50.3. The third-order valence-corrected chi connectivity index (χ3v) is 11.7. The number of nitrogens with zero attached hydrogens (tertiary/aromatic N) is 6. The third-order valence-electron chi connectivity index (χ3n) is 11.0. The fourth-order valence-electron chi connectivity index (χ4n) is 7.00. The molecule has 1 aliphatic carbocycles. The number of ether oxygens (including phenoxy) is 2. The molecule has 6 aromatic rings. The molecular weight excluding hydrogens is 903 g/mol. The summed E-state index contributed by atoms with van der Waals surface area (Å²) in [6, 6.07) is 22.7. The number of anilines is 4. The predicted molar refractivity (Wildman–Crippen MR) is 267 cm³/mol. The van der Waals surface area contributed by atoms with Crippen LogP contribution in [0.3, 0.4) is 0 Å². The molecule has 1 saturated carbocycles. The highest BCUT2D eigenvalue weighted by Crippen LogP contribution is 2.35. The van der Waals surface area contributed by atoms with Crippen molar-refractivity contribution in [1.82, 2.24) is 29.7 Å². The van der Waals surface area contributed by atoms with E-state index in [0.717, 1.165) is 51.0 Å². The second-order valence-corrected chi connectivity index (χ2v) is 17.1. The molecule has 18 heteroatoms. The number of nitrogens with one attached hydrogen (secondary N) is 4. The summed E-state index contributed by atoms with van der Waals surface area (Å²) in [4.78, 5) is 45.0. The summed E-state index contributed by atoms with van der Waals surface area (Å²) in [6.07, 6.45) is 10.3. The van der Waals surface area contributed by atoms with Gasteiger partial charge in [-0.2, -0.15) is 0 Å². The lowest BCUT2D eigenvalue weighted by atomic mass is 10.0. The number of halogens is 2. The Bertz CT molecular complexity index is 2730. The van der Waals surface area contributed by atoms with Crippen molar-refractivity contribution in [3.8, 4) is 22.3 Å². The molecule has 1 amide bonds. The molecule has 0 bridgehead atoms. The molecule has 0 radical (unpaired) electrons. The van der Waals surface area contributed by atoms with Crippen molar-refractivity contribution in [3.05, 3.63) is 144 Å². The second-order valence-electron chi connectivity index (χ2n) is 15.8. The zero-order valence-electron chi connectivity index (χ0n) is 39.0. The van der Waals surface area contributed by atoms with Gasteiger partial charge in [0, 0.05) is 113 Å². The Kier molecular flexibility index (Phi) is 18.9. The van der Waals surface area contributed by atoms with E-state index in [1.165, 1.54) is 30.8 Å². The van der Waals surface area contributed by atoms with Gasteiger partial charge >= 0.3 is 0 Å². The summed E-state index contributed by atoms with van der Waals surface area (Å²) in [5, 5.41) is 22.6. The van der Waals surface area contributed by atoms with E-state index in [1.54, 1.807) is 90.1 Å². The molecule has 4 N–H and O–H groups in total. The minimum atomic E-state index is -1.53. The molecular formula is C51H56F2N10O5S. The van der Waals surface area contributed by atoms with E-state index >= 15 is 0 Å². The summed E-state index contributed by atoms with van der Waals surface area (Å²) in [6.45, 7) is 9.98. The maximum atomic E-state index is 14.0. The standard InChI is InChI=1S/C23H22FN5O3S.C21H17FN4O.C5H11NO.C2H6/c1-33(31)21(25)18-7-6-15(22(30)29-8-10-32-11-9-29)12-20(18)28-23-26-13-16(14-27-23)17-4-2-3-5-19(17)24;22-18-4-2-1-3-16(18)15-10-24-21(25-11-15)26-19-9-13(12-27)5-8-17(19)20(23)14-6-7-14;1-6-2-4-7-5-3-6;1-2/h2-7,12-14,25H,8-11H2,1H3,(H,26,27,28);1-5,8-12,14,23H,6-7H2,(H,24,25,26);2-5H2,1H3;1-2H3. The highest BCUT2D eigenvalue weighted by Gasteiger charge is 2.29. The number of aldehydes is 1. The van der Waals surface area contributed by atoms with Crippen LogP contribution in [0.25, 0.3) is 22.3 Å². The Labute approximate surface area is 403 Å². The molecule has 1 atom stereocenters. The molecule has 9 rings (SSSR count). The summed E-state index contributed by atoms with van der Waals surface area (Å²) in [7, 11) is 0.580. The topological polar surface area (TPSA) is 199 Å². The van der Waals surface area contributed by atoms with Crippen molar-refractivity contribution >= 4 is 57.0 Å². The lowest BCUT2D eigenvalue weighted by Gasteiger charge is -2.27. The minimum absolute atomic E-state index is 0.0918.